The Morgan fingerprint density at radius 3 is 2.63 bits per heavy atom. The van der Waals surface area contributed by atoms with Gasteiger partial charge in [-0.05, 0) is 37.5 Å². The first-order chi connectivity index (χ1) is 14.6. The van der Waals surface area contributed by atoms with Crippen molar-refractivity contribution >= 4 is 21.6 Å². The van der Waals surface area contributed by atoms with E-state index in [1.165, 1.54) is 17.4 Å². The van der Waals surface area contributed by atoms with Crippen LogP contribution < -0.4 is 5.56 Å². The predicted octanol–water partition coefficient (Wildman–Crippen LogP) is 5.52. The highest BCUT2D eigenvalue weighted by atomic mass is 32.1. The van der Waals surface area contributed by atoms with Crippen LogP contribution in [-0.4, -0.2) is 20.9 Å². The normalized spacial score (nSPS) is 15.0. The molecule has 0 amide bonds. The molecule has 1 atom stereocenters. The summed E-state index contributed by atoms with van der Waals surface area (Å²) in [7, 11) is 0. The number of hydrogen-bond acceptors (Lipinski definition) is 4. The first-order valence-electron chi connectivity index (χ1n) is 10.2. The van der Waals surface area contributed by atoms with E-state index in [9.17, 15) is 9.18 Å². The number of rotatable bonds is 6. The number of benzene rings is 2. The summed E-state index contributed by atoms with van der Waals surface area (Å²) >= 11 is 1.53. The van der Waals surface area contributed by atoms with Crippen molar-refractivity contribution in [1.29, 1.82) is 0 Å². The summed E-state index contributed by atoms with van der Waals surface area (Å²) in [6.45, 7) is 2.51. The first-order valence-corrected chi connectivity index (χ1v) is 11.0. The molecule has 5 rings (SSSR count). The fourth-order valence-corrected chi connectivity index (χ4v) is 5.01. The highest BCUT2D eigenvalue weighted by molar-refractivity contribution is 7.21. The lowest BCUT2D eigenvalue weighted by atomic mass is 10.1. The lowest BCUT2D eigenvalue weighted by molar-refractivity contribution is 0.182. The van der Waals surface area contributed by atoms with Gasteiger partial charge in [-0.1, -0.05) is 48.5 Å². The third-order valence-corrected chi connectivity index (χ3v) is 6.79. The fraction of sp³-hybridized carbons (Fsp3) is 0.250. The third kappa shape index (κ3) is 3.68. The Kier molecular flexibility index (Phi) is 4.97. The van der Waals surface area contributed by atoms with Crippen LogP contribution in [0.25, 0.3) is 20.7 Å². The second-order valence-electron chi connectivity index (χ2n) is 7.81. The number of fused-ring (bicyclic) bond motifs is 1. The summed E-state index contributed by atoms with van der Waals surface area (Å²) < 4.78 is 14.4. The van der Waals surface area contributed by atoms with Crippen molar-refractivity contribution in [2.24, 2.45) is 0 Å². The average Bonchev–Trinajstić information content (AvgIpc) is 3.50. The minimum atomic E-state index is -0.196. The molecule has 1 N–H and O–H groups in total. The van der Waals surface area contributed by atoms with Gasteiger partial charge in [0, 0.05) is 22.5 Å². The zero-order valence-electron chi connectivity index (χ0n) is 16.6. The van der Waals surface area contributed by atoms with Crippen LogP contribution in [0.3, 0.4) is 0 Å². The molecule has 1 aliphatic rings. The molecule has 152 valence electrons. The molecule has 1 fully saturated rings. The Morgan fingerprint density at radius 2 is 1.90 bits per heavy atom. The second-order valence-corrected chi connectivity index (χ2v) is 8.84. The van der Waals surface area contributed by atoms with Crippen LogP contribution in [0.2, 0.25) is 0 Å². The summed E-state index contributed by atoms with van der Waals surface area (Å²) in [5, 5.41) is 0.614. The number of thiophene rings is 1. The molecule has 0 spiro atoms. The molecule has 1 unspecified atom stereocenters. The predicted molar refractivity (Wildman–Crippen MR) is 119 cm³/mol. The second kappa shape index (κ2) is 7.78. The summed E-state index contributed by atoms with van der Waals surface area (Å²) in [5.41, 5.74) is 1.63. The fourth-order valence-electron chi connectivity index (χ4n) is 3.95. The molecule has 0 radical (unpaired) electrons. The van der Waals surface area contributed by atoms with Crippen molar-refractivity contribution < 1.29 is 4.39 Å². The van der Waals surface area contributed by atoms with Gasteiger partial charge in [0.1, 0.15) is 16.5 Å². The van der Waals surface area contributed by atoms with Crippen LogP contribution in [0.4, 0.5) is 4.39 Å². The molecule has 4 nitrogen and oxygen atoms in total. The van der Waals surface area contributed by atoms with E-state index in [1.807, 2.05) is 55.5 Å². The molecular formula is C24H22FN3OS. The number of halogens is 1. The number of hydrogen-bond donors (Lipinski definition) is 1. The minimum Gasteiger partial charge on any atom is -0.309 e. The van der Waals surface area contributed by atoms with Crippen molar-refractivity contribution in [1.82, 2.24) is 14.9 Å². The molecule has 0 saturated heterocycles. The Hall–Kier alpha value is -2.83. The van der Waals surface area contributed by atoms with Gasteiger partial charge in [0.25, 0.3) is 5.56 Å². The summed E-state index contributed by atoms with van der Waals surface area (Å²) in [6, 6.07) is 19.1. The number of aromatic amines is 1. The molecule has 30 heavy (non-hydrogen) atoms. The monoisotopic (exact) mass is 419 g/mol. The average molecular weight is 420 g/mol. The van der Waals surface area contributed by atoms with Crippen molar-refractivity contribution in [2.45, 2.75) is 38.4 Å². The summed E-state index contributed by atoms with van der Waals surface area (Å²) in [5.74, 6) is 0.433. The van der Waals surface area contributed by atoms with E-state index in [0.717, 1.165) is 28.1 Å². The van der Waals surface area contributed by atoms with Crippen LogP contribution in [-0.2, 0) is 6.54 Å². The van der Waals surface area contributed by atoms with Gasteiger partial charge in [0.05, 0.1) is 11.9 Å². The van der Waals surface area contributed by atoms with Crippen LogP contribution in [0.15, 0.2) is 65.5 Å². The molecule has 0 bridgehead atoms. The molecular weight excluding hydrogens is 397 g/mol. The van der Waals surface area contributed by atoms with Crippen molar-refractivity contribution in [3.8, 4) is 10.4 Å². The van der Waals surface area contributed by atoms with E-state index in [2.05, 4.69) is 9.88 Å². The zero-order chi connectivity index (χ0) is 20.7. The van der Waals surface area contributed by atoms with Gasteiger partial charge in [-0.25, -0.2) is 9.37 Å². The Balaban J connectivity index is 1.48. The van der Waals surface area contributed by atoms with E-state index >= 15 is 0 Å². The minimum absolute atomic E-state index is 0.0945. The van der Waals surface area contributed by atoms with Crippen LogP contribution in [0.1, 0.15) is 37.2 Å². The van der Waals surface area contributed by atoms with Crippen LogP contribution in [0.5, 0.6) is 0 Å². The maximum Gasteiger partial charge on any atom is 0.259 e. The maximum atomic E-state index is 14.4. The smallest absolute Gasteiger partial charge is 0.259 e. The van der Waals surface area contributed by atoms with Gasteiger partial charge in [0.2, 0.25) is 0 Å². The number of aromatic nitrogens is 2. The Bertz CT molecular complexity index is 1250. The lowest BCUT2D eigenvalue weighted by Crippen LogP contribution is -2.31. The first kappa shape index (κ1) is 19.2. The number of H-pyrrole nitrogens is 1. The molecule has 2 aromatic heterocycles. The Morgan fingerprint density at radius 1 is 1.17 bits per heavy atom. The standard InChI is InChI=1S/C24H22FN3OS/c1-15(18-9-5-6-10-20(18)25)28(17-11-12-17)14-22-26-23(29)19-13-21(30-24(19)27-22)16-7-3-2-4-8-16/h2-10,13,15,17H,11-12,14H2,1H3,(H,26,27,29). The molecule has 4 aromatic rings. The topological polar surface area (TPSA) is 49.0 Å². The van der Waals surface area contributed by atoms with E-state index in [-0.39, 0.29) is 17.4 Å². The number of nitrogens with one attached hydrogen (secondary N) is 1. The van der Waals surface area contributed by atoms with Crippen molar-refractivity contribution in [2.75, 3.05) is 0 Å². The highest BCUT2D eigenvalue weighted by Crippen LogP contribution is 2.36. The quantitative estimate of drug-likeness (QED) is 0.448. The highest BCUT2D eigenvalue weighted by Gasteiger charge is 2.34. The largest absolute Gasteiger partial charge is 0.309 e. The van der Waals surface area contributed by atoms with Gasteiger partial charge < -0.3 is 4.98 Å². The van der Waals surface area contributed by atoms with Crippen LogP contribution in [0, 0.1) is 5.82 Å². The SMILES string of the molecule is CC(c1ccccc1F)N(Cc1nc2sc(-c3ccccc3)cc2c(=O)[nH]1)C1CC1. The molecule has 1 aliphatic carbocycles. The van der Waals surface area contributed by atoms with Gasteiger partial charge in [-0.3, -0.25) is 9.69 Å². The third-order valence-electron chi connectivity index (χ3n) is 5.71. The summed E-state index contributed by atoms with van der Waals surface area (Å²) in [6.07, 6.45) is 2.17. The van der Waals surface area contributed by atoms with Crippen molar-refractivity contribution in [3.05, 3.63) is 88.2 Å². The maximum absolute atomic E-state index is 14.4. The van der Waals surface area contributed by atoms with Gasteiger partial charge in [0.15, 0.2) is 0 Å². The summed E-state index contributed by atoms with van der Waals surface area (Å²) in [4.78, 5) is 24.5. The van der Waals surface area contributed by atoms with Crippen molar-refractivity contribution in [3.63, 3.8) is 0 Å². The molecule has 2 aromatic carbocycles. The lowest BCUT2D eigenvalue weighted by Gasteiger charge is -2.29. The van der Waals surface area contributed by atoms with Crippen LogP contribution >= 0.6 is 11.3 Å². The number of nitrogens with zero attached hydrogens (tertiary/aromatic N) is 2. The molecule has 1 saturated carbocycles. The van der Waals surface area contributed by atoms with Gasteiger partial charge in [-0.15, -0.1) is 11.3 Å². The van der Waals surface area contributed by atoms with E-state index in [1.54, 1.807) is 6.07 Å². The van der Waals surface area contributed by atoms with Gasteiger partial charge >= 0.3 is 0 Å². The molecule has 0 aliphatic heterocycles. The Labute approximate surface area is 178 Å². The molecule has 2 heterocycles. The van der Waals surface area contributed by atoms with E-state index in [4.69, 9.17) is 4.98 Å². The van der Waals surface area contributed by atoms with E-state index < -0.39 is 0 Å². The molecule has 6 heteroatoms. The van der Waals surface area contributed by atoms with Gasteiger partial charge in [-0.2, -0.15) is 0 Å². The van der Waals surface area contributed by atoms with E-state index in [0.29, 0.717) is 29.4 Å². The zero-order valence-corrected chi connectivity index (χ0v) is 17.5.